The van der Waals surface area contributed by atoms with Crippen LogP contribution in [0, 0.1) is 24.1 Å². The predicted octanol–water partition coefficient (Wildman–Crippen LogP) is 4.78. The Hall–Kier alpha value is -3.99. The number of allylic oxidation sites excluding steroid dienone is 2. The standard InChI is InChI=1S/C32H31FN4O2/c1-20-14-27(22-4-2-21(3-5-22)18-37-12-10-25(38)19-37)32-23(6-7-24(16-34)36-32)15-30(20)35-17-28-26-11-13-39-31(26)9-8-29(28)33/h2-5,7-9,14-15,25,36,38H,6,10-13,17-19H2,1H3. The summed E-state index contributed by atoms with van der Waals surface area (Å²) >= 11 is 0. The minimum atomic E-state index is -0.254. The van der Waals surface area contributed by atoms with Crippen molar-refractivity contribution in [2.24, 2.45) is 4.99 Å². The maximum Gasteiger partial charge on any atom is 0.128 e. The third kappa shape index (κ3) is 5.18. The van der Waals surface area contributed by atoms with E-state index in [1.807, 2.05) is 13.0 Å². The zero-order valence-corrected chi connectivity index (χ0v) is 22.0. The van der Waals surface area contributed by atoms with Crippen LogP contribution in [-0.2, 0) is 25.9 Å². The Labute approximate surface area is 227 Å². The highest BCUT2D eigenvalue weighted by Crippen LogP contribution is 2.35. The number of halogens is 1. The fourth-order valence-electron chi connectivity index (χ4n) is 5.72. The summed E-state index contributed by atoms with van der Waals surface area (Å²) in [7, 11) is 0. The number of rotatable bonds is 5. The molecule has 3 aliphatic heterocycles. The van der Waals surface area contributed by atoms with E-state index in [-0.39, 0.29) is 18.5 Å². The molecule has 6 rings (SSSR count). The summed E-state index contributed by atoms with van der Waals surface area (Å²) in [4.78, 5) is 7.15. The van der Waals surface area contributed by atoms with Crippen LogP contribution in [0.3, 0.4) is 0 Å². The van der Waals surface area contributed by atoms with Gasteiger partial charge in [0.2, 0.25) is 0 Å². The maximum atomic E-state index is 14.8. The fourth-order valence-corrected chi connectivity index (χ4v) is 5.72. The second kappa shape index (κ2) is 10.6. The van der Waals surface area contributed by atoms with Crippen molar-refractivity contribution in [1.82, 2.24) is 4.90 Å². The molecule has 1 atom stereocenters. The molecule has 0 radical (unpaired) electrons. The molecule has 0 saturated carbocycles. The van der Waals surface area contributed by atoms with E-state index in [1.165, 1.54) is 11.6 Å². The van der Waals surface area contributed by atoms with E-state index in [0.717, 1.165) is 64.1 Å². The molecule has 0 aromatic heterocycles. The quantitative estimate of drug-likeness (QED) is 0.504. The molecule has 3 heterocycles. The molecular formula is C32H31FN4O2. The van der Waals surface area contributed by atoms with Crippen LogP contribution in [0.2, 0.25) is 0 Å². The van der Waals surface area contributed by atoms with Crippen LogP contribution in [0.25, 0.3) is 11.1 Å². The molecule has 0 spiro atoms. The summed E-state index contributed by atoms with van der Waals surface area (Å²) in [6.45, 7) is 5.26. The van der Waals surface area contributed by atoms with Gasteiger partial charge in [0.1, 0.15) is 23.3 Å². The molecular weight excluding hydrogens is 491 g/mol. The lowest BCUT2D eigenvalue weighted by atomic mass is 9.98. The molecule has 3 aliphatic rings. The molecule has 1 saturated heterocycles. The minimum absolute atomic E-state index is 0.233. The summed E-state index contributed by atoms with van der Waals surface area (Å²) in [5.41, 5.74) is 8.16. The molecule has 3 aromatic rings. The second-order valence-electron chi connectivity index (χ2n) is 10.5. The number of nitriles is 1. The average molecular weight is 523 g/mol. The van der Waals surface area contributed by atoms with Crippen molar-refractivity contribution in [2.45, 2.75) is 45.4 Å². The van der Waals surface area contributed by atoms with E-state index in [2.05, 4.69) is 52.7 Å². The number of β-amino-alcohol motifs (C(OH)–C–C–N with tert-alkyl or cyclic N) is 1. The molecule has 198 valence electrons. The van der Waals surface area contributed by atoms with Gasteiger partial charge in [-0.15, -0.1) is 0 Å². The van der Waals surface area contributed by atoms with Gasteiger partial charge >= 0.3 is 0 Å². The van der Waals surface area contributed by atoms with Gasteiger partial charge in [0.25, 0.3) is 0 Å². The Morgan fingerprint density at radius 1 is 1.21 bits per heavy atom. The first-order valence-electron chi connectivity index (χ1n) is 13.5. The molecule has 0 bridgehead atoms. The Kier molecular flexibility index (Phi) is 6.90. The van der Waals surface area contributed by atoms with Gasteiger partial charge < -0.3 is 15.2 Å². The number of likely N-dealkylation sites (tertiary alicyclic amines) is 1. The van der Waals surface area contributed by atoms with E-state index in [9.17, 15) is 14.8 Å². The molecule has 1 fully saturated rings. The van der Waals surface area contributed by atoms with Gasteiger partial charge in [-0.2, -0.15) is 5.26 Å². The van der Waals surface area contributed by atoms with Crippen LogP contribution >= 0.6 is 0 Å². The first-order chi connectivity index (χ1) is 19.0. The topological polar surface area (TPSA) is 80.9 Å². The summed E-state index contributed by atoms with van der Waals surface area (Å²) in [6, 6.07) is 18.0. The van der Waals surface area contributed by atoms with Gasteiger partial charge in [-0.1, -0.05) is 24.3 Å². The average Bonchev–Trinajstić information content (AvgIpc) is 3.56. The fraction of sp³-hybridized carbons (Fsp3) is 0.312. The first-order valence-corrected chi connectivity index (χ1v) is 13.5. The number of hydrogen-bond acceptors (Lipinski definition) is 6. The molecule has 39 heavy (non-hydrogen) atoms. The summed E-state index contributed by atoms with van der Waals surface area (Å²) in [6.07, 6.45) is 3.78. The van der Waals surface area contributed by atoms with Crippen LogP contribution < -0.4 is 15.4 Å². The highest BCUT2D eigenvalue weighted by atomic mass is 19.1. The summed E-state index contributed by atoms with van der Waals surface area (Å²) < 4.78 is 20.4. The van der Waals surface area contributed by atoms with E-state index in [4.69, 9.17) is 9.73 Å². The number of aliphatic hydroxyl groups excluding tert-OH is 1. The van der Waals surface area contributed by atoms with Crippen LogP contribution in [0.4, 0.5) is 10.1 Å². The van der Waals surface area contributed by atoms with Crippen LogP contribution in [0.1, 0.15) is 34.2 Å². The smallest absolute Gasteiger partial charge is 0.128 e. The molecule has 0 amide bonds. The molecule has 6 nitrogen and oxygen atoms in total. The van der Waals surface area contributed by atoms with Crippen LogP contribution in [0.15, 0.2) is 65.3 Å². The van der Waals surface area contributed by atoms with Crippen molar-refractivity contribution in [1.29, 1.82) is 5.26 Å². The van der Waals surface area contributed by atoms with Crippen molar-refractivity contribution >= 4 is 5.69 Å². The summed E-state index contributed by atoms with van der Waals surface area (Å²) in [5, 5.41) is 23.6. The Morgan fingerprint density at radius 2 is 2.05 bits per heavy atom. The number of ether oxygens (including phenoxy) is 1. The maximum absolute atomic E-state index is 14.8. The van der Waals surface area contributed by atoms with E-state index >= 15 is 0 Å². The van der Waals surface area contributed by atoms with Gasteiger partial charge in [-0.25, -0.2) is 4.39 Å². The van der Waals surface area contributed by atoms with Crippen molar-refractivity contribution in [3.05, 3.63) is 99.3 Å². The van der Waals surface area contributed by atoms with Gasteiger partial charge in [0.15, 0.2) is 0 Å². The monoisotopic (exact) mass is 522 g/mol. The number of nitrogens with one attached hydrogen (secondary N) is 1. The van der Waals surface area contributed by atoms with Gasteiger partial charge in [0.05, 0.1) is 30.3 Å². The number of nitrogens with zero attached hydrogens (tertiary/aromatic N) is 3. The number of hydrogen-bond donors (Lipinski definition) is 2. The highest BCUT2D eigenvalue weighted by Gasteiger charge is 2.21. The molecule has 2 N–H and O–H groups in total. The van der Waals surface area contributed by atoms with Crippen LogP contribution in [-0.4, -0.2) is 35.8 Å². The van der Waals surface area contributed by atoms with Crippen molar-refractivity contribution in [3.63, 3.8) is 0 Å². The molecule has 3 aromatic carbocycles. The van der Waals surface area contributed by atoms with Gasteiger partial charge in [-0.3, -0.25) is 9.89 Å². The van der Waals surface area contributed by atoms with E-state index in [0.29, 0.717) is 37.3 Å². The lowest BCUT2D eigenvalue weighted by molar-refractivity contribution is 0.175. The Morgan fingerprint density at radius 3 is 2.82 bits per heavy atom. The van der Waals surface area contributed by atoms with Crippen molar-refractivity contribution < 1.29 is 14.2 Å². The third-order valence-electron chi connectivity index (χ3n) is 7.84. The number of aryl methyl sites for hydroxylation is 1. The lowest BCUT2D eigenvalue weighted by Gasteiger charge is -2.18. The zero-order valence-electron chi connectivity index (χ0n) is 22.0. The first kappa shape index (κ1) is 25.3. The minimum Gasteiger partial charge on any atom is -0.493 e. The largest absolute Gasteiger partial charge is 0.493 e. The second-order valence-corrected chi connectivity index (χ2v) is 10.5. The number of anilines is 1. The predicted molar refractivity (Wildman–Crippen MR) is 148 cm³/mol. The molecule has 0 aliphatic carbocycles. The lowest BCUT2D eigenvalue weighted by Crippen LogP contribution is -2.21. The zero-order chi connectivity index (χ0) is 26.9. The Bertz CT molecular complexity index is 1570. The summed E-state index contributed by atoms with van der Waals surface area (Å²) in [5.74, 6) is 0.495. The SMILES string of the molecule is Cc1cc(-c2ccc(CN3CCC(O)C3)cc2)c2c(cc1=NCc1c(F)ccc3c1CCO3)CC=C(C#N)N2. The Balaban J connectivity index is 1.38. The molecule has 1 unspecified atom stereocenters. The number of aliphatic hydroxyl groups is 1. The highest BCUT2D eigenvalue weighted by molar-refractivity contribution is 5.83. The van der Waals surface area contributed by atoms with E-state index < -0.39 is 0 Å². The number of fused-ring (bicyclic) bond motifs is 2. The van der Waals surface area contributed by atoms with E-state index in [1.54, 1.807) is 6.07 Å². The molecule has 7 heteroatoms. The van der Waals surface area contributed by atoms with Crippen LogP contribution in [0.5, 0.6) is 5.75 Å². The normalized spacial score (nSPS) is 18.6. The number of benzene rings is 2. The van der Waals surface area contributed by atoms with Gasteiger partial charge in [0, 0.05) is 42.7 Å². The van der Waals surface area contributed by atoms with Crippen molar-refractivity contribution in [3.8, 4) is 22.9 Å². The van der Waals surface area contributed by atoms with Gasteiger partial charge in [-0.05, 0) is 72.4 Å². The third-order valence-corrected chi connectivity index (χ3v) is 7.84. The van der Waals surface area contributed by atoms with Crippen molar-refractivity contribution in [2.75, 3.05) is 25.0 Å².